The van der Waals surface area contributed by atoms with Crippen molar-refractivity contribution >= 4 is 40.7 Å². The van der Waals surface area contributed by atoms with Crippen molar-refractivity contribution in [2.75, 3.05) is 11.9 Å². The third-order valence-corrected chi connectivity index (χ3v) is 9.00. The Balaban J connectivity index is 1.62. The average molecular weight is 569 g/mol. The summed E-state index contributed by atoms with van der Waals surface area (Å²) in [5, 5.41) is 17.0. The number of hydrogen-bond donors (Lipinski definition) is 3. The molecule has 6 rings (SSSR count). The van der Waals surface area contributed by atoms with Gasteiger partial charge >= 0.3 is 0 Å². The van der Waals surface area contributed by atoms with Gasteiger partial charge in [-0.05, 0) is 85.3 Å². The van der Waals surface area contributed by atoms with Gasteiger partial charge in [-0.15, -0.1) is 0 Å². The van der Waals surface area contributed by atoms with Crippen molar-refractivity contribution < 1.29 is 23.8 Å². The van der Waals surface area contributed by atoms with Crippen LogP contribution in [0.4, 0.5) is 10.1 Å². The van der Waals surface area contributed by atoms with Crippen LogP contribution >= 0.6 is 23.2 Å². The Morgan fingerprint density at radius 1 is 1.03 bits per heavy atom. The molecule has 2 amide bonds. The van der Waals surface area contributed by atoms with Crippen molar-refractivity contribution in [1.29, 1.82) is 0 Å². The lowest BCUT2D eigenvalue weighted by Gasteiger charge is -2.48. The Kier molecular flexibility index (Phi) is 6.36. The fraction of sp³-hybridized carbons (Fsp3) is 0.333. The predicted molar refractivity (Wildman–Crippen MR) is 147 cm³/mol. The number of piperidine rings is 1. The number of anilines is 1. The molecule has 1 aliphatic carbocycles. The minimum absolute atomic E-state index is 0.0385. The summed E-state index contributed by atoms with van der Waals surface area (Å²) in [6.07, 6.45) is 2.27. The van der Waals surface area contributed by atoms with Crippen LogP contribution in [-0.4, -0.2) is 29.1 Å². The molecule has 3 aliphatic rings. The number of nitrogens with one attached hydrogen (secondary N) is 2. The van der Waals surface area contributed by atoms with Crippen LogP contribution in [0.5, 0.6) is 5.75 Å². The predicted octanol–water partition coefficient (Wildman–Crippen LogP) is 5.97. The molecular formula is C30H27Cl2FN2O4. The molecule has 3 N–H and O–H groups in total. The fourth-order valence-corrected chi connectivity index (χ4v) is 6.78. The highest BCUT2D eigenvalue weighted by Gasteiger charge is 2.62. The molecule has 3 atom stereocenters. The number of hydrogen-bond acceptors (Lipinski definition) is 4. The Hall–Kier alpha value is -3.13. The number of aliphatic hydroxyl groups is 1. The molecule has 2 aliphatic heterocycles. The first-order valence-corrected chi connectivity index (χ1v) is 13.7. The lowest BCUT2D eigenvalue weighted by molar-refractivity contribution is -0.131. The van der Waals surface area contributed by atoms with E-state index >= 15 is 0 Å². The first kappa shape index (κ1) is 26.1. The van der Waals surface area contributed by atoms with Crippen molar-refractivity contribution in [1.82, 2.24) is 5.32 Å². The second-order valence-corrected chi connectivity index (χ2v) is 11.6. The molecule has 9 heteroatoms. The maximum Gasteiger partial charge on any atom is 0.238 e. The van der Waals surface area contributed by atoms with E-state index in [0.717, 1.165) is 12.0 Å². The van der Waals surface area contributed by atoms with Crippen molar-refractivity contribution in [3.63, 3.8) is 0 Å². The quantitative estimate of drug-likeness (QED) is 0.354. The smallest absolute Gasteiger partial charge is 0.238 e. The molecule has 0 unspecified atom stereocenters. The fourth-order valence-electron chi connectivity index (χ4n) is 6.42. The van der Waals surface area contributed by atoms with Crippen LogP contribution < -0.4 is 15.4 Å². The normalized spacial score (nSPS) is 25.1. The summed E-state index contributed by atoms with van der Waals surface area (Å²) in [6.45, 7) is 1.67. The van der Waals surface area contributed by atoms with Crippen LogP contribution in [0.15, 0.2) is 54.6 Å². The van der Waals surface area contributed by atoms with E-state index in [1.54, 1.807) is 42.5 Å². The summed E-state index contributed by atoms with van der Waals surface area (Å²) in [4.78, 5) is 27.7. The van der Waals surface area contributed by atoms with Crippen LogP contribution in [0.2, 0.25) is 10.0 Å². The lowest BCUT2D eigenvalue weighted by Crippen LogP contribution is -2.57. The van der Waals surface area contributed by atoms with E-state index in [1.807, 2.05) is 6.92 Å². The number of aryl methyl sites for hydroxylation is 1. The molecule has 3 aromatic rings. The SMILES string of the molecule is Cc1ccc(F)cc1[C@H]1NC(=O)C[C@@H](c2cc(Cl)ccc2OC2(CO)CCC2)[C@]12C(=O)Nc1cc(Cl)ccc12. The number of fused-ring (bicyclic) bond motifs is 2. The molecular weight excluding hydrogens is 542 g/mol. The third kappa shape index (κ3) is 4.10. The maximum absolute atomic E-state index is 14.6. The van der Waals surface area contributed by atoms with Gasteiger partial charge in [-0.25, -0.2) is 4.39 Å². The van der Waals surface area contributed by atoms with Crippen molar-refractivity contribution in [3.05, 3.63) is 92.7 Å². The van der Waals surface area contributed by atoms with E-state index in [4.69, 9.17) is 27.9 Å². The second kappa shape index (κ2) is 9.51. The van der Waals surface area contributed by atoms with E-state index in [0.29, 0.717) is 51.0 Å². The van der Waals surface area contributed by atoms with Gasteiger partial charge in [0.25, 0.3) is 0 Å². The van der Waals surface area contributed by atoms with Gasteiger partial charge < -0.3 is 20.5 Å². The lowest BCUT2D eigenvalue weighted by atomic mass is 9.59. The molecule has 39 heavy (non-hydrogen) atoms. The van der Waals surface area contributed by atoms with E-state index in [9.17, 15) is 19.1 Å². The zero-order valence-corrected chi connectivity index (χ0v) is 22.7. The van der Waals surface area contributed by atoms with Gasteiger partial charge in [0, 0.05) is 33.6 Å². The Labute approximate surface area is 235 Å². The minimum Gasteiger partial charge on any atom is -0.485 e. The highest BCUT2D eigenvalue weighted by molar-refractivity contribution is 6.31. The number of aliphatic hydroxyl groups excluding tert-OH is 1. The van der Waals surface area contributed by atoms with Crippen molar-refractivity contribution in [3.8, 4) is 5.75 Å². The molecule has 3 aromatic carbocycles. The largest absolute Gasteiger partial charge is 0.485 e. The summed E-state index contributed by atoms with van der Waals surface area (Å²) in [5.74, 6) is -1.38. The monoisotopic (exact) mass is 568 g/mol. The van der Waals surface area contributed by atoms with Gasteiger partial charge in [0.15, 0.2) is 0 Å². The Bertz CT molecular complexity index is 1500. The summed E-state index contributed by atoms with van der Waals surface area (Å²) in [6, 6.07) is 13.8. The molecule has 0 radical (unpaired) electrons. The second-order valence-electron chi connectivity index (χ2n) is 10.8. The Morgan fingerprint density at radius 3 is 2.49 bits per heavy atom. The van der Waals surface area contributed by atoms with E-state index < -0.39 is 28.8 Å². The number of carbonyl (C=O) groups excluding carboxylic acids is 2. The number of carbonyl (C=O) groups is 2. The summed E-state index contributed by atoms with van der Waals surface area (Å²) in [5.41, 5.74) is 0.879. The van der Waals surface area contributed by atoms with Crippen molar-refractivity contribution in [2.24, 2.45) is 0 Å². The zero-order chi connectivity index (χ0) is 27.5. The molecule has 202 valence electrons. The van der Waals surface area contributed by atoms with Gasteiger partial charge in [-0.3, -0.25) is 9.59 Å². The van der Waals surface area contributed by atoms with Crippen LogP contribution in [0.3, 0.4) is 0 Å². The third-order valence-electron chi connectivity index (χ3n) is 8.53. The molecule has 0 bridgehead atoms. The van der Waals surface area contributed by atoms with Crippen molar-refractivity contribution in [2.45, 2.75) is 55.6 Å². The van der Waals surface area contributed by atoms with E-state index in [1.165, 1.54) is 12.1 Å². The van der Waals surface area contributed by atoms with Crippen LogP contribution in [0.25, 0.3) is 0 Å². The number of halogens is 3. The number of amides is 2. The number of rotatable bonds is 5. The van der Waals surface area contributed by atoms with E-state index in [-0.39, 0.29) is 24.8 Å². The van der Waals surface area contributed by atoms with Gasteiger partial charge in [0.2, 0.25) is 11.8 Å². The molecule has 2 heterocycles. The Morgan fingerprint density at radius 2 is 1.77 bits per heavy atom. The van der Waals surface area contributed by atoms with Crippen LogP contribution in [0, 0.1) is 12.7 Å². The van der Waals surface area contributed by atoms with Gasteiger partial charge in [0.05, 0.1) is 12.6 Å². The number of ether oxygens (including phenoxy) is 1. The first-order valence-electron chi connectivity index (χ1n) is 12.9. The molecule has 1 saturated heterocycles. The average Bonchev–Trinajstić information content (AvgIpc) is 3.16. The van der Waals surface area contributed by atoms with Gasteiger partial charge in [-0.2, -0.15) is 0 Å². The standard InChI is InChI=1S/C30H27Cl2FN2O4/c1-16-3-6-19(33)13-20(16)27-30(22-7-4-18(32)12-24(22)34-28(30)38)23(14-26(37)35-27)21-11-17(31)5-8-25(21)39-29(15-36)9-2-10-29/h3-8,11-13,23,27,36H,2,9-10,14-15H2,1H3,(H,34,38)(H,35,37)/t23-,27+,30-/m0/s1. The summed E-state index contributed by atoms with van der Waals surface area (Å²) >= 11 is 12.8. The summed E-state index contributed by atoms with van der Waals surface area (Å²) in [7, 11) is 0. The first-order chi connectivity index (χ1) is 18.7. The van der Waals surface area contributed by atoms with Crippen LogP contribution in [-0.2, 0) is 15.0 Å². The van der Waals surface area contributed by atoms with Crippen LogP contribution in [0.1, 0.15) is 59.9 Å². The molecule has 1 spiro atoms. The molecule has 1 saturated carbocycles. The van der Waals surface area contributed by atoms with E-state index in [2.05, 4.69) is 10.6 Å². The molecule has 0 aromatic heterocycles. The van der Waals surface area contributed by atoms with Gasteiger partial charge in [0.1, 0.15) is 22.6 Å². The zero-order valence-electron chi connectivity index (χ0n) is 21.2. The number of benzene rings is 3. The highest BCUT2D eigenvalue weighted by Crippen LogP contribution is 2.59. The minimum atomic E-state index is -1.37. The van der Waals surface area contributed by atoms with Gasteiger partial charge in [-0.1, -0.05) is 35.3 Å². The molecule has 2 fully saturated rings. The highest BCUT2D eigenvalue weighted by atomic mass is 35.5. The topological polar surface area (TPSA) is 87.7 Å². The summed E-state index contributed by atoms with van der Waals surface area (Å²) < 4.78 is 21.1. The maximum atomic E-state index is 14.6. The molecule has 6 nitrogen and oxygen atoms in total.